The minimum absolute atomic E-state index is 0.276. The number of benzene rings is 1. The highest BCUT2D eigenvalue weighted by molar-refractivity contribution is 9.10. The monoisotopic (exact) mass is 306 g/mol. The fourth-order valence-corrected chi connectivity index (χ4v) is 2.51. The number of halogens is 1. The van der Waals surface area contributed by atoms with Gasteiger partial charge < -0.3 is 10.3 Å². The lowest BCUT2D eigenvalue weighted by atomic mass is 10.1. The van der Waals surface area contributed by atoms with Gasteiger partial charge in [-0.3, -0.25) is 0 Å². The van der Waals surface area contributed by atoms with Crippen LogP contribution in [0.5, 0.6) is 0 Å². The first kappa shape index (κ1) is 13.4. The van der Waals surface area contributed by atoms with Crippen LogP contribution in [0.2, 0.25) is 0 Å². The van der Waals surface area contributed by atoms with Gasteiger partial charge in [-0.15, -0.1) is 0 Å². The first-order valence-corrected chi connectivity index (χ1v) is 7.18. The fourth-order valence-electron chi connectivity index (χ4n) is 2.15. The standard InChI is InChI=1S/C15H19BrN2/c1-3-5-14(17-8-4-2)13-10-18-15-7-6-11(16)9-12(13)15/h3,5-7,9-10,14,17-18H,4,8H2,1-2H3. The van der Waals surface area contributed by atoms with Crippen LogP contribution in [0.4, 0.5) is 0 Å². The van der Waals surface area contributed by atoms with Gasteiger partial charge in [0.15, 0.2) is 0 Å². The molecule has 0 amide bonds. The summed E-state index contributed by atoms with van der Waals surface area (Å²) in [7, 11) is 0. The van der Waals surface area contributed by atoms with Crippen molar-refractivity contribution in [3.63, 3.8) is 0 Å². The molecular weight excluding hydrogens is 288 g/mol. The van der Waals surface area contributed by atoms with Crippen LogP contribution in [0.3, 0.4) is 0 Å². The summed E-state index contributed by atoms with van der Waals surface area (Å²) in [6, 6.07) is 6.62. The van der Waals surface area contributed by atoms with Crippen molar-refractivity contribution < 1.29 is 0 Å². The van der Waals surface area contributed by atoms with E-state index >= 15 is 0 Å². The Morgan fingerprint density at radius 1 is 1.44 bits per heavy atom. The third-order valence-corrected chi connectivity index (χ3v) is 3.50. The smallest absolute Gasteiger partial charge is 0.0527 e. The Morgan fingerprint density at radius 3 is 3.00 bits per heavy atom. The summed E-state index contributed by atoms with van der Waals surface area (Å²) in [6.07, 6.45) is 7.55. The second kappa shape index (κ2) is 6.21. The minimum Gasteiger partial charge on any atom is -0.361 e. The van der Waals surface area contributed by atoms with Crippen LogP contribution in [0.1, 0.15) is 31.9 Å². The van der Waals surface area contributed by atoms with E-state index in [1.165, 1.54) is 16.5 Å². The number of aromatic amines is 1. The average molecular weight is 307 g/mol. The summed E-state index contributed by atoms with van der Waals surface area (Å²) in [5.41, 5.74) is 2.49. The highest BCUT2D eigenvalue weighted by Gasteiger charge is 2.12. The first-order chi connectivity index (χ1) is 8.76. The van der Waals surface area contributed by atoms with Crippen molar-refractivity contribution in [2.24, 2.45) is 0 Å². The third kappa shape index (κ3) is 2.85. The second-order valence-corrected chi connectivity index (χ2v) is 5.31. The van der Waals surface area contributed by atoms with Crippen LogP contribution in [0.15, 0.2) is 41.0 Å². The molecule has 2 nitrogen and oxygen atoms in total. The van der Waals surface area contributed by atoms with Gasteiger partial charge in [0.05, 0.1) is 6.04 Å². The molecule has 3 heteroatoms. The molecule has 0 fully saturated rings. The van der Waals surface area contributed by atoms with Crippen molar-refractivity contribution in [1.82, 2.24) is 10.3 Å². The Labute approximate surface area is 117 Å². The Kier molecular flexibility index (Phi) is 4.61. The normalized spacial score (nSPS) is 13.5. The predicted molar refractivity (Wildman–Crippen MR) is 81.8 cm³/mol. The zero-order valence-corrected chi connectivity index (χ0v) is 12.4. The van der Waals surface area contributed by atoms with Crippen molar-refractivity contribution in [2.75, 3.05) is 6.54 Å². The average Bonchev–Trinajstić information content (AvgIpc) is 2.77. The van der Waals surface area contributed by atoms with Crippen molar-refractivity contribution in [2.45, 2.75) is 26.3 Å². The molecule has 0 aliphatic carbocycles. The molecule has 2 N–H and O–H groups in total. The number of rotatable bonds is 5. The maximum Gasteiger partial charge on any atom is 0.0527 e. The van der Waals surface area contributed by atoms with Crippen LogP contribution in [-0.2, 0) is 0 Å². The fraction of sp³-hybridized carbons (Fsp3) is 0.333. The van der Waals surface area contributed by atoms with Crippen molar-refractivity contribution >= 4 is 26.8 Å². The molecule has 1 unspecified atom stereocenters. The molecule has 0 saturated carbocycles. The molecule has 0 radical (unpaired) electrons. The van der Waals surface area contributed by atoms with Crippen LogP contribution in [0.25, 0.3) is 10.9 Å². The zero-order valence-electron chi connectivity index (χ0n) is 10.8. The van der Waals surface area contributed by atoms with Gasteiger partial charge in [-0.1, -0.05) is 35.0 Å². The topological polar surface area (TPSA) is 27.8 Å². The highest BCUT2D eigenvalue weighted by Crippen LogP contribution is 2.27. The molecule has 0 aliphatic rings. The lowest BCUT2D eigenvalue weighted by molar-refractivity contribution is 0.615. The maximum atomic E-state index is 3.56. The SMILES string of the molecule is CC=CC(NCCC)c1c[nH]c2ccc(Br)cc12. The number of fused-ring (bicyclic) bond motifs is 1. The van der Waals surface area contributed by atoms with E-state index in [1.807, 2.05) is 0 Å². The van der Waals surface area contributed by atoms with Gasteiger partial charge in [-0.05, 0) is 43.7 Å². The summed E-state index contributed by atoms with van der Waals surface area (Å²) in [6.45, 7) is 5.27. The van der Waals surface area contributed by atoms with Crippen LogP contribution < -0.4 is 5.32 Å². The van der Waals surface area contributed by atoms with Gasteiger partial charge in [-0.2, -0.15) is 0 Å². The first-order valence-electron chi connectivity index (χ1n) is 6.39. The summed E-state index contributed by atoms with van der Waals surface area (Å²) in [5.74, 6) is 0. The molecule has 0 bridgehead atoms. The van der Waals surface area contributed by atoms with Gasteiger partial charge in [0, 0.05) is 21.6 Å². The Morgan fingerprint density at radius 2 is 2.28 bits per heavy atom. The summed E-state index contributed by atoms with van der Waals surface area (Å²) >= 11 is 3.54. The van der Waals surface area contributed by atoms with E-state index in [4.69, 9.17) is 0 Å². The van der Waals surface area contributed by atoms with Gasteiger partial charge in [0.1, 0.15) is 0 Å². The van der Waals surface area contributed by atoms with Crippen molar-refractivity contribution in [1.29, 1.82) is 0 Å². The second-order valence-electron chi connectivity index (χ2n) is 4.39. The molecule has 0 spiro atoms. The van der Waals surface area contributed by atoms with Crippen LogP contribution in [-0.4, -0.2) is 11.5 Å². The molecule has 1 aromatic carbocycles. The number of hydrogen-bond acceptors (Lipinski definition) is 1. The van der Waals surface area contributed by atoms with Crippen molar-refractivity contribution in [3.8, 4) is 0 Å². The largest absolute Gasteiger partial charge is 0.361 e. The minimum atomic E-state index is 0.276. The molecule has 1 aromatic heterocycles. The molecule has 96 valence electrons. The molecular formula is C15H19BrN2. The van der Waals surface area contributed by atoms with E-state index in [1.54, 1.807) is 0 Å². The van der Waals surface area contributed by atoms with Gasteiger partial charge in [-0.25, -0.2) is 0 Å². The van der Waals surface area contributed by atoms with Crippen LogP contribution >= 0.6 is 15.9 Å². The van der Waals surface area contributed by atoms with E-state index in [0.29, 0.717) is 0 Å². The quantitative estimate of drug-likeness (QED) is 0.779. The molecule has 2 rings (SSSR count). The number of aromatic nitrogens is 1. The van der Waals surface area contributed by atoms with E-state index in [2.05, 4.69) is 76.6 Å². The summed E-state index contributed by atoms with van der Waals surface area (Å²) < 4.78 is 1.12. The van der Waals surface area contributed by atoms with E-state index in [-0.39, 0.29) is 6.04 Å². The van der Waals surface area contributed by atoms with E-state index < -0.39 is 0 Å². The Bertz CT molecular complexity index is 542. The molecule has 2 aromatic rings. The molecule has 18 heavy (non-hydrogen) atoms. The molecule has 1 atom stereocenters. The molecule has 1 heterocycles. The molecule has 0 saturated heterocycles. The number of allylic oxidation sites excluding steroid dienone is 1. The Balaban J connectivity index is 2.40. The van der Waals surface area contributed by atoms with Gasteiger partial charge >= 0.3 is 0 Å². The van der Waals surface area contributed by atoms with Crippen LogP contribution in [0, 0.1) is 0 Å². The van der Waals surface area contributed by atoms with E-state index in [9.17, 15) is 0 Å². The van der Waals surface area contributed by atoms with E-state index in [0.717, 1.165) is 17.4 Å². The zero-order chi connectivity index (χ0) is 13.0. The summed E-state index contributed by atoms with van der Waals surface area (Å²) in [5, 5.41) is 4.84. The number of hydrogen-bond donors (Lipinski definition) is 2. The van der Waals surface area contributed by atoms with Gasteiger partial charge in [0.25, 0.3) is 0 Å². The van der Waals surface area contributed by atoms with Gasteiger partial charge in [0.2, 0.25) is 0 Å². The Hall–Kier alpha value is -1.06. The maximum absolute atomic E-state index is 3.56. The number of H-pyrrole nitrogens is 1. The lowest BCUT2D eigenvalue weighted by Crippen LogP contribution is -2.20. The predicted octanol–water partition coefficient (Wildman–Crippen LogP) is 4.55. The lowest BCUT2D eigenvalue weighted by Gasteiger charge is -2.14. The highest BCUT2D eigenvalue weighted by atomic mass is 79.9. The number of nitrogens with one attached hydrogen (secondary N) is 2. The third-order valence-electron chi connectivity index (χ3n) is 3.01. The van der Waals surface area contributed by atoms with Crippen molar-refractivity contribution in [3.05, 3.63) is 46.6 Å². The molecule has 0 aliphatic heterocycles. The summed E-state index contributed by atoms with van der Waals surface area (Å²) in [4.78, 5) is 3.34.